The Kier molecular flexibility index (Phi) is 10.4. The molecule has 1 aliphatic heterocycles. The summed E-state index contributed by atoms with van der Waals surface area (Å²) in [4.78, 5) is 52.8. The molecule has 32 heavy (non-hydrogen) atoms. The van der Waals surface area contributed by atoms with E-state index in [4.69, 9.17) is 4.74 Å². The second-order valence-electron chi connectivity index (χ2n) is 7.84. The number of hydrogen-bond acceptors (Lipinski definition) is 5. The minimum absolute atomic E-state index is 0.0588. The molecule has 3 amide bonds. The zero-order valence-corrected chi connectivity index (χ0v) is 18.9. The van der Waals surface area contributed by atoms with Gasteiger partial charge < -0.3 is 19.9 Å². The molecule has 0 spiro atoms. The summed E-state index contributed by atoms with van der Waals surface area (Å²) in [5.41, 5.74) is 0.884. The molecule has 0 radical (unpaired) electrons. The number of methoxy groups -OCH3 is 1. The molecule has 1 aromatic rings. The van der Waals surface area contributed by atoms with Gasteiger partial charge in [-0.3, -0.25) is 14.4 Å². The Morgan fingerprint density at radius 1 is 1.06 bits per heavy atom. The molecule has 1 atom stereocenters. The number of allylic oxidation sites excluding steroid dienone is 2. The molecule has 0 aromatic heterocycles. The highest BCUT2D eigenvalue weighted by atomic mass is 16.5. The summed E-state index contributed by atoms with van der Waals surface area (Å²) in [6.45, 7) is 2.08. The average molecular weight is 444 g/mol. The number of nitrogens with zero attached hydrogens (tertiary/aromatic N) is 2. The lowest BCUT2D eigenvalue weighted by molar-refractivity contribution is -0.146. The van der Waals surface area contributed by atoms with Crippen LogP contribution in [0.25, 0.3) is 0 Å². The Bertz CT molecular complexity index is 809. The summed E-state index contributed by atoms with van der Waals surface area (Å²) in [5, 5.41) is 2.70. The fourth-order valence-electron chi connectivity index (χ4n) is 3.54. The van der Waals surface area contributed by atoms with Gasteiger partial charge in [0.2, 0.25) is 17.7 Å². The number of amides is 3. The first kappa shape index (κ1) is 25.1. The van der Waals surface area contributed by atoms with Gasteiger partial charge in [-0.2, -0.15) is 0 Å². The maximum absolute atomic E-state index is 12.9. The van der Waals surface area contributed by atoms with E-state index in [1.54, 1.807) is 0 Å². The number of esters is 1. The molecular formula is C24H33N3O5. The van der Waals surface area contributed by atoms with Crippen molar-refractivity contribution in [3.05, 3.63) is 48.0 Å². The van der Waals surface area contributed by atoms with Crippen LogP contribution >= 0.6 is 0 Å². The molecule has 0 unspecified atom stereocenters. The van der Waals surface area contributed by atoms with Crippen molar-refractivity contribution >= 4 is 23.7 Å². The van der Waals surface area contributed by atoms with Gasteiger partial charge in [-0.15, -0.1) is 0 Å². The molecule has 1 aliphatic rings. The van der Waals surface area contributed by atoms with Crippen LogP contribution in [-0.2, 0) is 30.3 Å². The Hall–Kier alpha value is -3.16. The van der Waals surface area contributed by atoms with Gasteiger partial charge in [-0.05, 0) is 31.2 Å². The fraction of sp³-hybridized carbons (Fsp3) is 0.500. The number of carbonyl (C=O) groups excluding carboxylic acids is 4. The molecule has 1 aromatic carbocycles. The van der Waals surface area contributed by atoms with Crippen molar-refractivity contribution in [2.75, 3.05) is 33.3 Å². The Labute approximate surface area is 189 Å². The molecule has 0 bridgehead atoms. The highest BCUT2D eigenvalue weighted by molar-refractivity contribution is 5.90. The van der Waals surface area contributed by atoms with E-state index in [0.717, 1.165) is 24.8 Å². The lowest BCUT2D eigenvalue weighted by Gasteiger charge is -2.27. The minimum atomic E-state index is -0.853. The molecular weight excluding hydrogens is 410 g/mol. The van der Waals surface area contributed by atoms with Crippen molar-refractivity contribution in [2.24, 2.45) is 0 Å². The standard InChI is InChI=1S/C24H33N3O5/c1-19(28)26-14-10-5-3-4-6-11-15-27(23(30)18-26)17-22(29)25-21(24(31)32-2)16-20-12-8-7-9-13-20/h3-4,7-9,12-13,21H,5-6,10-11,14-18H2,1-2H3,(H,25,29)/b4-3+/t21-/m0/s1. The monoisotopic (exact) mass is 443 g/mol. The number of benzene rings is 1. The van der Waals surface area contributed by atoms with Crippen LogP contribution in [0.15, 0.2) is 42.5 Å². The van der Waals surface area contributed by atoms with E-state index in [2.05, 4.69) is 17.5 Å². The summed E-state index contributed by atoms with van der Waals surface area (Å²) in [7, 11) is 1.27. The molecule has 0 fully saturated rings. The quantitative estimate of drug-likeness (QED) is 0.533. The van der Waals surface area contributed by atoms with Crippen molar-refractivity contribution in [1.29, 1.82) is 0 Å². The summed E-state index contributed by atoms with van der Waals surface area (Å²) in [6.07, 6.45) is 7.60. The smallest absolute Gasteiger partial charge is 0.328 e. The SMILES string of the molecule is COC(=O)[C@H](Cc1ccccc1)NC(=O)CN1CCC/C=C/CCCN(C(C)=O)CC1=O. The number of nitrogens with one attached hydrogen (secondary N) is 1. The number of hydrogen-bond donors (Lipinski definition) is 1. The third-order valence-corrected chi connectivity index (χ3v) is 5.33. The summed E-state index contributed by atoms with van der Waals surface area (Å²) >= 11 is 0. The molecule has 174 valence electrons. The van der Waals surface area contributed by atoms with E-state index >= 15 is 0 Å². The maximum Gasteiger partial charge on any atom is 0.328 e. The summed E-state index contributed by atoms with van der Waals surface area (Å²) in [6, 6.07) is 8.47. The molecule has 8 heteroatoms. The van der Waals surface area contributed by atoms with Gasteiger partial charge in [0.15, 0.2) is 0 Å². The van der Waals surface area contributed by atoms with Crippen molar-refractivity contribution in [3.8, 4) is 0 Å². The van der Waals surface area contributed by atoms with Gasteiger partial charge >= 0.3 is 5.97 Å². The van der Waals surface area contributed by atoms with Crippen LogP contribution in [0.4, 0.5) is 0 Å². The summed E-state index contributed by atoms with van der Waals surface area (Å²) in [5.74, 6) is -1.44. The number of rotatable bonds is 6. The summed E-state index contributed by atoms with van der Waals surface area (Å²) < 4.78 is 4.84. The lowest BCUT2D eigenvalue weighted by atomic mass is 10.1. The maximum atomic E-state index is 12.9. The fourth-order valence-corrected chi connectivity index (χ4v) is 3.54. The molecule has 0 saturated carbocycles. The normalized spacial score (nSPS) is 17.5. The van der Waals surface area contributed by atoms with E-state index in [9.17, 15) is 19.2 Å². The van der Waals surface area contributed by atoms with E-state index < -0.39 is 17.9 Å². The number of carbonyl (C=O) groups is 4. The minimum Gasteiger partial charge on any atom is -0.467 e. The highest BCUT2D eigenvalue weighted by Crippen LogP contribution is 2.07. The van der Waals surface area contributed by atoms with Gasteiger partial charge in [-0.25, -0.2) is 4.79 Å². The van der Waals surface area contributed by atoms with E-state index in [0.29, 0.717) is 19.5 Å². The predicted octanol–water partition coefficient (Wildman–Crippen LogP) is 1.69. The van der Waals surface area contributed by atoms with Crippen LogP contribution in [-0.4, -0.2) is 72.8 Å². The van der Waals surface area contributed by atoms with E-state index in [-0.39, 0.29) is 31.3 Å². The van der Waals surface area contributed by atoms with Crippen LogP contribution in [0.3, 0.4) is 0 Å². The molecule has 1 heterocycles. The lowest BCUT2D eigenvalue weighted by Crippen LogP contribution is -2.50. The molecule has 0 aliphatic carbocycles. The van der Waals surface area contributed by atoms with Crippen LogP contribution in [0.1, 0.15) is 38.2 Å². The Morgan fingerprint density at radius 2 is 1.72 bits per heavy atom. The van der Waals surface area contributed by atoms with Crippen molar-refractivity contribution < 1.29 is 23.9 Å². The van der Waals surface area contributed by atoms with Gasteiger partial charge in [0.25, 0.3) is 0 Å². The van der Waals surface area contributed by atoms with Crippen molar-refractivity contribution in [1.82, 2.24) is 15.1 Å². The van der Waals surface area contributed by atoms with Crippen LogP contribution in [0.5, 0.6) is 0 Å². The van der Waals surface area contributed by atoms with Crippen molar-refractivity contribution in [2.45, 2.75) is 45.1 Å². The third-order valence-electron chi connectivity index (χ3n) is 5.33. The van der Waals surface area contributed by atoms with Gasteiger partial charge in [-0.1, -0.05) is 42.5 Å². The van der Waals surface area contributed by atoms with Crippen molar-refractivity contribution in [3.63, 3.8) is 0 Å². The van der Waals surface area contributed by atoms with Crippen LogP contribution in [0.2, 0.25) is 0 Å². The highest BCUT2D eigenvalue weighted by Gasteiger charge is 2.25. The van der Waals surface area contributed by atoms with Crippen LogP contribution < -0.4 is 5.32 Å². The third kappa shape index (κ3) is 8.53. The molecule has 2 rings (SSSR count). The largest absolute Gasteiger partial charge is 0.467 e. The molecule has 1 N–H and O–H groups in total. The second-order valence-corrected chi connectivity index (χ2v) is 7.84. The Morgan fingerprint density at radius 3 is 2.34 bits per heavy atom. The zero-order valence-electron chi connectivity index (χ0n) is 18.9. The average Bonchev–Trinajstić information content (AvgIpc) is 2.77. The Balaban J connectivity index is 2.07. The predicted molar refractivity (Wildman–Crippen MR) is 121 cm³/mol. The zero-order chi connectivity index (χ0) is 23.3. The first-order chi connectivity index (χ1) is 15.4. The van der Waals surface area contributed by atoms with Crippen LogP contribution in [0, 0.1) is 0 Å². The van der Waals surface area contributed by atoms with Gasteiger partial charge in [0, 0.05) is 26.4 Å². The van der Waals surface area contributed by atoms with E-state index in [1.807, 2.05) is 30.3 Å². The molecule has 0 saturated heterocycles. The van der Waals surface area contributed by atoms with Gasteiger partial charge in [0.1, 0.15) is 6.04 Å². The topological polar surface area (TPSA) is 96.0 Å². The number of ether oxygens (including phenoxy) is 1. The molecule has 8 nitrogen and oxygen atoms in total. The van der Waals surface area contributed by atoms with E-state index in [1.165, 1.54) is 23.8 Å². The van der Waals surface area contributed by atoms with Gasteiger partial charge in [0.05, 0.1) is 20.2 Å². The first-order valence-corrected chi connectivity index (χ1v) is 11.0. The first-order valence-electron chi connectivity index (χ1n) is 11.0. The second kappa shape index (κ2) is 13.3.